The van der Waals surface area contributed by atoms with Crippen molar-refractivity contribution >= 4 is 11.8 Å². The van der Waals surface area contributed by atoms with E-state index in [0.29, 0.717) is 29.1 Å². The molecule has 2 aliphatic rings. The zero-order valence-corrected chi connectivity index (χ0v) is 15.2. The molecule has 3 heterocycles. The van der Waals surface area contributed by atoms with E-state index in [-0.39, 0.29) is 17.9 Å². The summed E-state index contributed by atoms with van der Waals surface area (Å²) in [5.41, 5.74) is 3.36. The number of carbonyl (C=O) groups excluding carboxylic acids is 2. The number of hydrogen-bond donors (Lipinski definition) is 1. The maximum Gasteiger partial charge on any atom is 0.260 e. The molecule has 142 valence electrons. The molecule has 1 fully saturated rings. The average molecular weight is 378 g/mol. The first-order chi connectivity index (χ1) is 13.6. The standard InChI is InChI=1S/C20H18N4O4/c1-11-16(9-28-23-11)20(26)24-8-13-6-12(19(25)22-14-3-4-14)2-5-15(13)18(24)17-7-21-10-27-17/h2,5-7,9-10,14,18H,3-4,8H2,1H3,(H,22,25). The third kappa shape index (κ3) is 2.77. The first-order valence-corrected chi connectivity index (χ1v) is 9.16. The van der Waals surface area contributed by atoms with Gasteiger partial charge in [0.25, 0.3) is 11.8 Å². The fourth-order valence-electron chi connectivity index (χ4n) is 3.60. The molecule has 1 aliphatic heterocycles. The predicted molar refractivity (Wildman–Crippen MR) is 96.4 cm³/mol. The van der Waals surface area contributed by atoms with Gasteiger partial charge in [-0.25, -0.2) is 4.98 Å². The van der Waals surface area contributed by atoms with E-state index in [0.717, 1.165) is 24.0 Å². The summed E-state index contributed by atoms with van der Waals surface area (Å²) in [7, 11) is 0. The number of nitrogens with one attached hydrogen (secondary N) is 1. The maximum atomic E-state index is 13.2. The van der Waals surface area contributed by atoms with Gasteiger partial charge in [-0.15, -0.1) is 0 Å². The minimum atomic E-state index is -0.417. The van der Waals surface area contributed by atoms with E-state index < -0.39 is 6.04 Å². The first-order valence-electron chi connectivity index (χ1n) is 9.16. The summed E-state index contributed by atoms with van der Waals surface area (Å²) < 4.78 is 10.5. The second-order valence-electron chi connectivity index (χ2n) is 7.21. The lowest BCUT2D eigenvalue weighted by atomic mass is 10.0. The Morgan fingerprint density at radius 3 is 2.82 bits per heavy atom. The second-order valence-corrected chi connectivity index (χ2v) is 7.21. The Morgan fingerprint density at radius 1 is 1.29 bits per heavy atom. The molecule has 5 rings (SSSR count). The van der Waals surface area contributed by atoms with E-state index in [1.54, 1.807) is 24.1 Å². The Hall–Kier alpha value is -3.42. The Kier molecular flexibility index (Phi) is 3.78. The molecule has 1 unspecified atom stereocenters. The van der Waals surface area contributed by atoms with Crippen molar-refractivity contribution in [2.24, 2.45) is 0 Å². The molecule has 0 radical (unpaired) electrons. The van der Waals surface area contributed by atoms with Crippen molar-refractivity contribution in [3.63, 3.8) is 0 Å². The molecule has 28 heavy (non-hydrogen) atoms. The van der Waals surface area contributed by atoms with E-state index in [4.69, 9.17) is 8.94 Å². The molecule has 1 saturated carbocycles. The van der Waals surface area contributed by atoms with Gasteiger partial charge in [-0.2, -0.15) is 0 Å². The van der Waals surface area contributed by atoms with Crippen molar-refractivity contribution in [1.82, 2.24) is 20.4 Å². The Morgan fingerprint density at radius 2 is 2.14 bits per heavy atom. The number of carbonyl (C=O) groups is 2. The fourth-order valence-corrected chi connectivity index (χ4v) is 3.60. The average Bonchev–Trinajstić information content (AvgIpc) is 3.10. The van der Waals surface area contributed by atoms with E-state index in [1.807, 2.05) is 12.1 Å². The van der Waals surface area contributed by atoms with Crippen molar-refractivity contribution in [1.29, 1.82) is 0 Å². The quantitative estimate of drug-likeness (QED) is 0.749. The molecule has 0 spiro atoms. The summed E-state index contributed by atoms with van der Waals surface area (Å²) >= 11 is 0. The molecule has 0 bridgehead atoms. The molecular weight excluding hydrogens is 360 g/mol. The van der Waals surface area contributed by atoms with E-state index in [9.17, 15) is 9.59 Å². The van der Waals surface area contributed by atoms with E-state index in [1.165, 1.54) is 12.7 Å². The van der Waals surface area contributed by atoms with Crippen molar-refractivity contribution in [3.8, 4) is 0 Å². The summed E-state index contributed by atoms with van der Waals surface area (Å²) in [6.07, 6.45) is 6.37. The molecular formula is C20H18N4O4. The molecule has 8 heteroatoms. The highest BCUT2D eigenvalue weighted by molar-refractivity contribution is 5.97. The van der Waals surface area contributed by atoms with Crippen molar-refractivity contribution < 1.29 is 18.5 Å². The van der Waals surface area contributed by atoms with Gasteiger partial charge in [0.15, 0.2) is 12.2 Å². The van der Waals surface area contributed by atoms with E-state index in [2.05, 4.69) is 15.5 Å². The Labute approximate surface area is 160 Å². The normalized spacial score (nSPS) is 18.2. The maximum absolute atomic E-state index is 13.2. The Bertz CT molecular complexity index is 1050. The lowest BCUT2D eigenvalue weighted by Crippen LogP contribution is -2.30. The monoisotopic (exact) mass is 378 g/mol. The number of benzene rings is 1. The zero-order valence-electron chi connectivity index (χ0n) is 15.2. The van der Waals surface area contributed by atoms with Crippen LogP contribution in [0.2, 0.25) is 0 Å². The van der Waals surface area contributed by atoms with Gasteiger partial charge in [-0.3, -0.25) is 9.59 Å². The lowest BCUT2D eigenvalue weighted by molar-refractivity contribution is 0.0702. The van der Waals surface area contributed by atoms with Crippen molar-refractivity contribution in [3.05, 3.63) is 70.8 Å². The van der Waals surface area contributed by atoms with Crippen LogP contribution in [0.5, 0.6) is 0 Å². The summed E-state index contributed by atoms with van der Waals surface area (Å²) in [5.74, 6) is 0.276. The van der Waals surface area contributed by atoms with Crippen LogP contribution >= 0.6 is 0 Å². The van der Waals surface area contributed by atoms with Gasteiger partial charge in [-0.05, 0) is 43.0 Å². The zero-order chi connectivity index (χ0) is 19.3. The molecule has 1 aliphatic carbocycles. The summed E-state index contributed by atoms with van der Waals surface area (Å²) in [4.78, 5) is 31.3. The van der Waals surface area contributed by atoms with Crippen LogP contribution in [0, 0.1) is 6.92 Å². The number of rotatable bonds is 4. The van der Waals surface area contributed by atoms with Crippen LogP contribution in [0.25, 0.3) is 0 Å². The van der Waals surface area contributed by atoms with Crippen LogP contribution in [0.15, 0.2) is 46.0 Å². The van der Waals surface area contributed by atoms with Gasteiger partial charge in [0.05, 0.1) is 11.9 Å². The van der Waals surface area contributed by atoms with Gasteiger partial charge < -0.3 is 19.2 Å². The predicted octanol–water partition coefficient (Wildman–Crippen LogP) is 2.61. The van der Waals surface area contributed by atoms with Crippen LogP contribution < -0.4 is 5.32 Å². The van der Waals surface area contributed by atoms with Crippen LogP contribution in [0.4, 0.5) is 0 Å². The number of aromatic nitrogens is 2. The second kappa shape index (κ2) is 6.33. The highest BCUT2D eigenvalue weighted by atomic mass is 16.5. The van der Waals surface area contributed by atoms with Crippen molar-refractivity contribution in [2.45, 2.75) is 38.4 Å². The molecule has 8 nitrogen and oxygen atoms in total. The minimum absolute atomic E-state index is 0.0822. The lowest BCUT2D eigenvalue weighted by Gasteiger charge is -2.23. The highest BCUT2D eigenvalue weighted by Gasteiger charge is 2.38. The van der Waals surface area contributed by atoms with Crippen LogP contribution in [-0.2, 0) is 6.54 Å². The number of fused-ring (bicyclic) bond motifs is 1. The largest absolute Gasteiger partial charge is 0.446 e. The van der Waals surface area contributed by atoms with Gasteiger partial charge in [0.1, 0.15) is 17.9 Å². The van der Waals surface area contributed by atoms with Gasteiger partial charge in [-0.1, -0.05) is 11.2 Å². The molecule has 1 aromatic carbocycles. The van der Waals surface area contributed by atoms with Crippen molar-refractivity contribution in [2.75, 3.05) is 0 Å². The minimum Gasteiger partial charge on any atom is -0.446 e. The number of hydrogen-bond acceptors (Lipinski definition) is 6. The number of aryl methyl sites for hydroxylation is 1. The third-order valence-electron chi connectivity index (χ3n) is 5.23. The summed E-state index contributed by atoms with van der Waals surface area (Å²) in [5, 5.41) is 6.80. The van der Waals surface area contributed by atoms with Crippen LogP contribution in [0.3, 0.4) is 0 Å². The smallest absolute Gasteiger partial charge is 0.260 e. The van der Waals surface area contributed by atoms with Gasteiger partial charge in [0, 0.05) is 18.2 Å². The molecule has 2 amide bonds. The van der Waals surface area contributed by atoms with Crippen LogP contribution in [-0.4, -0.2) is 32.9 Å². The molecule has 0 saturated heterocycles. The van der Waals surface area contributed by atoms with Gasteiger partial charge >= 0.3 is 0 Å². The number of amides is 2. The molecule has 1 atom stereocenters. The Balaban J connectivity index is 1.52. The molecule has 2 aromatic heterocycles. The topological polar surface area (TPSA) is 101 Å². The number of nitrogens with zero attached hydrogens (tertiary/aromatic N) is 3. The van der Waals surface area contributed by atoms with E-state index >= 15 is 0 Å². The fraction of sp³-hybridized carbons (Fsp3) is 0.300. The third-order valence-corrected chi connectivity index (χ3v) is 5.23. The highest BCUT2D eigenvalue weighted by Crippen LogP contribution is 2.40. The van der Waals surface area contributed by atoms with Gasteiger partial charge in [0.2, 0.25) is 0 Å². The molecule has 3 aromatic rings. The first kappa shape index (κ1) is 16.7. The number of oxazole rings is 1. The summed E-state index contributed by atoms with van der Waals surface area (Å²) in [6.45, 7) is 2.08. The SMILES string of the molecule is Cc1nocc1C(=O)N1Cc2cc(C(=O)NC3CC3)ccc2C1c1cnco1. The summed E-state index contributed by atoms with van der Waals surface area (Å²) in [6, 6.07) is 5.40. The van der Waals surface area contributed by atoms with Crippen LogP contribution in [0.1, 0.15) is 62.2 Å². The molecule has 1 N–H and O–H groups in total.